The predicted molar refractivity (Wildman–Crippen MR) is 65.8 cm³/mol. The maximum Gasteiger partial charge on any atom is 0.423 e. The molecule has 20 heavy (non-hydrogen) atoms. The summed E-state index contributed by atoms with van der Waals surface area (Å²) in [5.41, 5.74) is -3.11. The van der Waals surface area contributed by atoms with E-state index in [1.54, 1.807) is 4.90 Å². The van der Waals surface area contributed by atoms with Gasteiger partial charge in [0.1, 0.15) is 5.69 Å². The van der Waals surface area contributed by atoms with Gasteiger partial charge in [-0.25, -0.2) is 0 Å². The minimum atomic E-state index is -4.80. The summed E-state index contributed by atoms with van der Waals surface area (Å²) in [5.74, 6) is 0. The van der Waals surface area contributed by atoms with Gasteiger partial charge in [0, 0.05) is 19.2 Å². The van der Waals surface area contributed by atoms with Gasteiger partial charge in [-0.2, -0.15) is 13.2 Å². The minimum Gasteiger partial charge on any atom is -0.377 e. The van der Waals surface area contributed by atoms with Crippen LogP contribution >= 0.6 is 11.6 Å². The van der Waals surface area contributed by atoms with Crippen LogP contribution in [0.2, 0.25) is 5.02 Å². The molecule has 3 heterocycles. The molecule has 2 aliphatic heterocycles. The lowest BCUT2D eigenvalue weighted by Crippen LogP contribution is -2.58. The highest BCUT2D eigenvalue weighted by molar-refractivity contribution is 6.30. The molecule has 1 N–H and O–H groups in total. The van der Waals surface area contributed by atoms with Crippen LogP contribution in [0, 0.1) is 0 Å². The van der Waals surface area contributed by atoms with E-state index in [-0.39, 0.29) is 23.0 Å². The minimum absolute atomic E-state index is 0.143. The first kappa shape index (κ1) is 13.9. The lowest BCUT2D eigenvalue weighted by Gasteiger charge is -2.47. The Bertz CT molecular complexity index is 540. The Kier molecular flexibility index (Phi) is 3.11. The molecule has 2 unspecified atom stereocenters. The Hall–Kier alpha value is -1.05. The van der Waals surface area contributed by atoms with Crippen molar-refractivity contribution in [3.8, 4) is 0 Å². The number of rotatable bonds is 0. The van der Waals surface area contributed by atoms with Crippen LogP contribution in [0.4, 0.5) is 18.9 Å². The van der Waals surface area contributed by atoms with E-state index in [4.69, 9.17) is 16.3 Å². The van der Waals surface area contributed by atoms with E-state index in [0.717, 1.165) is 6.20 Å². The van der Waals surface area contributed by atoms with Crippen LogP contribution in [-0.2, 0) is 10.3 Å². The van der Waals surface area contributed by atoms with Crippen molar-refractivity contribution >= 4 is 17.3 Å². The Labute approximate surface area is 118 Å². The van der Waals surface area contributed by atoms with Gasteiger partial charge in [-0.05, 0) is 6.07 Å². The molecule has 1 fully saturated rings. The summed E-state index contributed by atoms with van der Waals surface area (Å²) in [5, 5.41) is 10.4. The van der Waals surface area contributed by atoms with Gasteiger partial charge in [0.2, 0.25) is 5.60 Å². The maximum atomic E-state index is 13.3. The fourth-order valence-corrected chi connectivity index (χ4v) is 2.95. The second-order valence-electron chi connectivity index (χ2n) is 5.01. The van der Waals surface area contributed by atoms with Gasteiger partial charge < -0.3 is 14.7 Å². The third-order valence-electron chi connectivity index (χ3n) is 3.76. The van der Waals surface area contributed by atoms with Crippen molar-refractivity contribution in [2.45, 2.75) is 24.2 Å². The number of pyridine rings is 1. The Morgan fingerprint density at radius 1 is 1.50 bits per heavy atom. The number of anilines is 1. The standard InChI is InChI=1S/C12H12ClF3N2O2/c13-7-3-9-10(17-5-7)11(19,12(14,15)16)4-8-6-20-2-1-18(8)9/h3,5,8,19H,1-2,4,6H2. The molecular weight excluding hydrogens is 297 g/mol. The molecule has 2 atom stereocenters. The van der Waals surface area contributed by atoms with E-state index in [2.05, 4.69) is 4.98 Å². The topological polar surface area (TPSA) is 45.6 Å². The third kappa shape index (κ3) is 1.96. The van der Waals surface area contributed by atoms with E-state index < -0.39 is 24.2 Å². The number of hydrogen-bond acceptors (Lipinski definition) is 4. The number of aromatic nitrogens is 1. The van der Waals surface area contributed by atoms with Gasteiger partial charge in [-0.3, -0.25) is 4.98 Å². The molecule has 0 bridgehead atoms. The fraction of sp³-hybridized carbons (Fsp3) is 0.583. The van der Waals surface area contributed by atoms with Gasteiger partial charge in [0.05, 0.1) is 30.0 Å². The lowest BCUT2D eigenvalue weighted by molar-refractivity contribution is -0.274. The molecule has 4 nitrogen and oxygen atoms in total. The number of nitrogens with zero attached hydrogens (tertiary/aromatic N) is 2. The van der Waals surface area contributed by atoms with Gasteiger partial charge in [0.25, 0.3) is 0 Å². The van der Waals surface area contributed by atoms with Crippen molar-refractivity contribution in [2.75, 3.05) is 24.7 Å². The predicted octanol–water partition coefficient (Wildman–Crippen LogP) is 2.09. The van der Waals surface area contributed by atoms with Crippen molar-refractivity contribution in [1.82, 2.24) is 4.98 Å². The molecule has 0 amide bonds. The largest absolute Gasteiger partial charge is 0.423 e. The molecule has 1 aromatic rings. The Balaban J connectivity index is 2.17. The average molecular weight is 309 g/mol. The van der Waals surface area contributed by atoms with Crippen LogP contribution in [0.5, 0.6) is 0 Å². The first-order chi connectivity index (χ1) is 9.33. The molecule has 0 aliphatic carbocycles. The Morgan fingerprint density at radius 3 is 2.95 bits per heavy atom. The molecule has 2 aliphatic rings. The first-order valence-electron chi connectivity index (χ1n) is 6.12. The molecule has 3 rings (SSSR count). The number of aliphatic hydroxyl groups is 1. The van der Waals surface area contributed by atoms with Crippen LogP contribution < -0.4 is 4.90 Å². The van der Waals surface area contributed by atoms with Crippen LogP contribution in [0.25, 0.3) is 0 Å². The quantitative estimate of drug-likeness (QED) is 0.797. The van der Waals surface area contributed by atoms with Crippen molar-refractivity contribution in [3.63, 3.8) is 0 Å². The fourth-order valence-electron chi connectivity index (χ4n) is 2.79. The van der Waals surface area contributed by atoms with Gasteiger partial charge >= 0.3 is 6.18 Å². The monoisotopic (exact) mass is 308 g/mol. The molecule has 0 radical (unpaired) electrons. The lowest BCUT2D eigenvalue weighted by atomic mass is 9.84. The van der Waals surface area contributed by atoms with E-state index in [1.807, 2.05) is 0 Å². The number of alkyl halides is 3. The SMILES string of the molecule is OC1(C(F)(F)F)CC2COCCN2c2cc(Cl)cnc21. The summed E-state index contributed by atoms with van der Waals surface area (Å²) in [7, 11) is 0. The van der Waals surface area contributed by atoms with Gasteiger partial charge in [-0.15, -0.1) is 0 Å². The maximum absolute atomic E-state index is 13.3. The van der Waals surface area contributed by atoms with E-state index >= 15 is 0 Å². The van der Waals surface area contributed by atoms with E-state index in [0.29, 0.717) is 13.2 Å². The van der Waals surface area contributed by atoms with Crippen LogP contribution in [0.3, 0.4) is 0 Å². The summed E-state index contributed by atoms with van der Waals surface area (Å²) < 4.78 is 45.1. The smallest absolute Gasteiger partial charge is 0.377 e. The highest BCUT2D eigenvalue weighted by atomic mass is 35.5. The second-order valence-corrected chi connectivity index (χ2v) is 5.44. The number of morpholine rings is 1. The van der Waals surface area contributed by atoms with Crippen molar-refractivity contribution in [2.24, 2.45) is 0 Å². The van der Waals surface area contributed by atoms with Crippen LogP contribution in [0.15, 0.2) is 12.3 Å². The first-order valence-corrected chi connectivity index (χ1v) is 6.50. The zero-order valence-electron chi connectivity index (χ0n) is 10.3. The number of fused-ring (bicyclic) bond motifs is 3. The van der Waals surface area contributed by atoms with Gasteiger partial charge in [-0.1, -0.05) is 11.6 Å². The molecule has 8 heteroatoms. The molecule has 110 valence electrons. The normalized spacial score (nSPS) is 29.9. The number of ether oxygens (including phenoxy) is 1. The van der Waals surface area contributed by atoms with Crippen LogP contribution in [0.1, 0.15) is 12.1 Å². The zero-order valence-corrected chi connectivity index (χ0v) is 11.1. The summed E-state index contributed by atoms with van der Waals surface area (Å²) in [6, 6.07) is 0.876. The van der Waals surface area contributed by atoms with Crippen molar-refractivity contribution in [3.05, 3.63) is 23.0 Å². The van der Waals surface area contributed by atoms with Crippen LogP contribution in [-0.4, -0.2) is 42.1 Å². The molecule has 1 aromatic heterocycles. The van der Waals surface area contributed by atoms with Gasteiger partial charge in [0.15, 0.2) is 0 Å². The highest BCUT2D eigenvalue weighted by Crippen LogP contribution is 2.49. The number of hydrogen-bond donors (Lipinski definition) is 1. The molecule has 0 saturated carbocycles. The summed E-state index contributed by atoms with van der Waals surface area (Å²) in [6.45, 7) is 1.02. The molecular formula is C12H12ClF3N2O2. The summed E-state index contributed by atoms with van der Waals surface area (Å²) in [4.78, 5) is 5.52. The van der Waals surface area contributed by atoms with Crippen molar-refractivity contribution < 1.29 is 23.0 Å². The summed E-state index contributed by atoms with van der Waals surface area (Å²) in [6.07, 6.45) is -4.16. The molecule has 0 spiro atoms. The highest BCUT2D eigenvalue weighted by Gasteiger charge is 2.61. The third-order valence-corrected chi connectivity index (χ3v) is 3.97. The van der Waals surface area contributed by atoms with E-state index in [9.17, 15) is 18.3 Å². The van der Waals surface area contributed by atoms with E-state index in [1.165, 1.54) is 6.07 Å². The van der Waals surface area contributed by atoms with Crippen molar-refractivity contribution in [1.29, 1.82) is 0 Å². The Morgan fingerprint density at radius 2 is 2.25 bits per heavy atom. The molecule has 0 aromatic carbocycles. The summed E-state index contributed by atoms with van der Waals surface area (Å²) >= 11 is 5.83. The zero-order chi connectivity index (χ0) is 14.5. The average Bonchev–Trinajstić information content (AvgIpc) is 2.37. The molecule has 1 saturated heterocycles. The second kappa shape index (κ2) is 4.47. The number of halogens is 4.